The number of anilines is 1. The Morgan fingerprint density at radius 3 is 2.33 bits per heavy atom. The number of benzene rings is 2. The topological polar surface area (TPSA) is 113 Å². The molecule has 1 aliphatic rings. The van der Waals surface area contributed by atoms with E-state index in [2.05, 4.69) is 16.0 Å². The van der Waals surface area contributed by atoms with Crippen LogP contribution in [0.15, 0.2) is 70.8 Å². The minimum absolute atomic E-state index is 0.0237. The van der Waals surface area contributed by atoms with E-state index in [4.69, 9.17) is 17.4 Å². The zero-order valence-corrected chi connectivity index (χ0v) is 16.0. The standard InChI is InChI=1S/C18H18N4O3S2/c1-11-15(16(22-18(26)20-11)12-5-3-2-4-6-12)17(23)21-13-7-9-14(10-8-13)27(19,24)25/h2-10,16H,1H3,(H,21,23)(H2,19,24,25)(H2,20,22,26). The van der Waals surface area contributed by atoms with Crippen molar-refractivity contribution in [1.82, 2.24) is 10.6 Å². The van der Waals surface area contributed by atoms with Crippen molar-refractivity contribution in [2.45, 2.75) is 17.9 Å². The summed E-state index contributed by atoms with van der Waals surface area (Å²) in [6, 6.07) is 14.7. The van der Waals surface area contributed by atoms with Gasteiger partial charge in [-0.2, -0.15) is 0 Å². The number of hydrogen-bond acceptors (Lipinski definition) is 4. The van der Waals surface area contributed by atoms with Gasteiger partial charge < -0.3 is 16.0 Å². The summed E-state index contributed by atoms with van der Waals surface area (Å²) in [6.07, 6.45) is 0. The highest BCUT2D eigenvalue weighted by Crippen LogP contribution is 2.27. The number of nitrogens with one attached hydrogen (secondary N) is 3. The van der Waals surface area contributed by atoms with Gasteiger partial charge in [0.05, 0.1) is 16.5 Å². The first-order chi connectivity index (χ1) is 12.8. The number of nitrogens with two attached hydrogens (primary N) is 1. The number of thiocarbonyl (C=S) groups is 1. The van der Waals surface area contributed by atoms with Crippen LogP contribution in [0.5, 0.6) is 0 Å². The van der Waals surface area contributed by atoms with E-state index in [-0.39, 0.29) is 10.8 Å². The molecule has 0 bridgehead atoms. The van der Waals surface area contributed by atoms with Gasteiger partial charge in [0.2, 0.25) is 10.0 Å². The summed E-state index contributed by atoms with van der Waals surface area (Å²) in [7, 11) is -3.78. The maximum Gasteiger partial charge on any atom is 0.255 e. The molecule has 0 spiro atoms. The molecule has 9 heteroatoms. The highest BCUT2D eigenvalue weighted by molar-refractivity contribution is 7.89. The fourth-order valence-corrected chi connectivity index (χ4v) is 3.60. The minimum atomic E-state index is -3.78. The summed E-state index contributed by atoms with van der Waals surface area (Å²) in [6.45, 7) is 1.78. The highest BCUT2D eigenvalue weighted by atomic mass is 32.2. The van der Waals surface area contributed by atoms with Crippen LogP contribution in [0.2, 0.25) is 0 Å². The summed E-state index contributed by atoms with van der Waals surface area (Å²) in [5, 5.41) is 14.4. The minimum Gasteiger partial charge on any atom is -0.351 e. The maximum atomic E-state index is 12.9. The molecule has 5 N–H and O–H groups in total. The molecule has 140 valence electrons. The molecule has 0 saturated carbocycles. The van der Waals surface area contributed by atoms with Gasteiger partial charge in [0.1, 0.15) is 0 Å². The van der Waals surface area contributed by atoms with Crippen LogP contribution in [0.4, 0.5) is 5.69 Å². The van der Waals surface area contributed by atoms with Crippen molar-refractivity contribution in [2.24, 2.45) is 5.14 Å². The molecule has 1 amide bonds. The Bertz CT molecular complexity index is 1020. The van der Waals surface area contributed by atoms with Gasteiger partial charge in [-0.3, -0.25) is 4.79 Å². The van der Waals surface area contributed by atoms with Gasteiger partial charge in [-0.05, 0) is 49.0 Å². The van der Waals surface area contributed by atoms with Crippen LogP contribution >= 0.6 is 12.2 Å². The van der Waals surface area contributed by atoms with E-state index in [1.54, 1.807) is 6.92 Å². The summed E-state index contributed by atoms with van der Waals surface area (Å²) < 4.78 is 22.7. The van der Waals surface area contributed by atoms with Gasteiger partial charge in [-0.1, -0.05) is 30.3 Å². The van der Waals surface area contributed by atoms with Crippen molar-refractivity contribution in [3.05, 3.63) is 71.4 Å². The summed E-state index contributed by atoms with van der Waals surface area (Å²) >= 11 is 5.22. The molecule has 1 unspecified atom stereocenters. The van der Waals surface area contributed by atoms with Crippen molar-refractivity contribution >= 4 is 38.9 Å². The first-order valence-electron chi connectivity index (χ1n) is 8.03. The Morgan fingerprint density at radius 1 is 1.11 bits per heavy atom. The van der Waals surface area contributed by atoms with Crippen molar-refractivity contribution in [1.29, 1.82) is 0 Å². The van der Waals surface area contributed by atoms with E-state index in [9.17, 15) is 13.2 Å². The first-order valence-corrected chi connectivity index (χ1v) is 9.98. The number of rotatable bonds is 4. The van der Waals surface area contributed by atoms with Gasteiger partial charge in [0, 0.05) is 11.4 Å². The third kappa shape index (κ3) is 4.33. The molecule has 1 aliphatic heterocycles. The number of sulfonamides is 1. The van der Waals surface area contributed by atoms with Crippen LogP contribution in [0.1, 0.15) is 18.5 Å². The molecule has 0 radical (unpaired) electrons. The largest absolute Gasteiger partial charge is 0.351 e. The van der Waals surface area contributed by atoms with Gasteiger partial charge in [-0.15, -0.1) is 0 Å². The average Bonchev–Trinajstić information content (AvgIpc) is 2.61. The second-order valence-electron chi connectivity index (χ2n) is 6.00. The molecule has 3 rings (SSSR count). The van der Waals surface area contributed by atoms with E-state index < -0.39 is 16.1 Å². The third-order valence-corrected chi connectivity index (χ3v) is 5.24. The third-order valence-electron chi connectivity index (χ3n) is 4.09. The van der Waals surface area contributed by atoms with E-state index in [1.165, 1.54) is 24.3 Å². The van der Waals surface area contributed by atoms with E-state index in [1.807, 2.05) is 30.3 Å². The van der Waals surface area contributed by atoms with Crippen LogP contribution in [0.25, 0.3) is 0 Å². The van der Waals surface area contributed by atoms with Gasteiger partial charge in [-0.25, -0.2) is 13.6 Å². The highest BCUT2D eigenvalue weighted by Gasteiger charge is 2.29. The molecule has 27 heavy (non-hydrogen) atoms. The number of primary sulfonamides is 1. The molecule has 0 fully saturated rings. The molecule has 7 nitrogen and oxygen atoms in total. The molecule has 1 heterocycles. The Kier molecular flexibility index (Phi) is 5.26. The zero-order valence-electron chi connectivity index (χ0n) is 14.4. The lowest BCUT2D eigenvalue weighted by molar-refractivity contribution is -0.113. The van der Waals surface area contributed by atoms with Crippen LogP contribution in [-0.2, 0) is 14.8 Å². The van der Waals surface area contributed by atoms with Gasteiger partial charge in [0.15, 0.2) is 5.11 Å². The number of hydrogen-bond donors (Lipinski definition) is 4. The fraction of sp³-hybridized carbons (Fsp3) is 0.111. The first kappa shape index (κ1) is 19.0. The van der Waals surface area contributed by atoms with Crippen LogP contribution < -0.4 is 21.1 Å². The summed E-state index contributed by atoms with van der Waals surface area (Å²) in [4.78, 5) is 12.9. The Morgan fingerprint density at radius 2 is 1.74 bits per heavy atom. The van der Waals surface area contributed by atoms with E-state index in [0.29, 0.717) is 22.1 Å². The average molecular weight is 403 g/mol. The summed E-state index contributed by atoms with van der Waals surface area (Å²) in [5.41, 5.74) is 2.49. The predicted octanol–water partition coefficient (Wildman–Crippen LogP) is 1.77. The molecular weight excluding hydrogens is 384 g/mol. The van der Waals surface area contributed by atoms with Crippen LogP contribution in [-0.4, -0.2) is 19.4 Å². The quantitative estimate of drug-likeness (QED) is 0.580. The normalized spacial score (nSPS) is 17.1. The number of allylic oxidation sites excluding steroid dienone is 1. The Hall–Kier alpha value is -2.75. The molecule has 0 aliphatic carbocycles. The fourth-order valence-electron chi connectivity index (χ4n) is 2.82. The lowest BCUT2D eigenvalue weighted by atomic mass is 9.95. The van der Waals surface area contributed by atoms with Crippen molar-refractivity contribution in [3.8, 4) is 0 Å². The number of carbonyl (C=O) groups is 1. The van der Waals surface area contributed by atoms with Crippen LogP contribution in [0, 0.1) is 0 Å². The van der Waals surface area contributed by atoms with Crippen molar-refractivity contribution in [2.75, 3.05) is 5.32 Å². The Balaban J connectivity index is 1.89. The molecular formula is C18H18N4O3S2. The smallest absolute Gasteiger partial charge is 0.255 e. The molecule has 1 atom stereocenters. The predicted molar refractivity (Wildman–Crippen MR) is 107 cm³/mol. The number of amides is 1. The second kappa shape index (κ2) is 7.47. The van der Waals surface area contributed by atoms with Gasteiger partial charge in [0.25, 0.3) is 5.91 Å². The maximum absolute atomic E-state index is 12.9. The number of carbonyl (C=O) groups excluding carboxylic acids is 1. The van der Waals surface area contributed by atoms with Crippen molar-refractivity contribution in [3.63, 3.8) is 0 Å². The molecule has 0 aromatic heterocycles. The molecule has 2 aromatic rings. The zero-order chi connectivity index (χ0) is 19.6. The SMILES string of the molecule is CC1=C(C(=O)Nc2ccc(S(N)(=O)=O)cc2)C(c2ccccc2)NC(=S)N1. The Labute approximate surface area is 162 Å². The van der Waals surface area contributed by atoms with Gasteiger partial charge >= 0.3 is 0 Å². The van der Waals surface area contributed by atoms with Crippen LogP contribution in [0.3, 0.4) is 0 Å². The summed E-state index contributed by atoms with van der Waals surface area (Å²) in [5.74, 6) is -0.327. The lowest BCUT2D eigenvalue weighted by Gasteiger charge is -2.30. The van der Waals surface area contributed by atoms with E-state index in [0.717, 1.165) is 5.56 Å². The molecule has 0 saturated heterocycles. The monoisotopic (exact) mass is 402 g/mol. The van der Waals surface area contributed by atoms with Crippen molar-refractivity contribution < 1.29 is 13.2 Å². The molecule has 2 aromatic carbocycles. The lowest BCUT2D eigenvalue weighted by Crippen LogP contribution is -2.45. The second-order valence-corrected chi connectivity index (χ2v) is 7.97. The van der Waals surface area contributed by atoms with E-state index >= 15 is 0 Å².